The number of methoxy groups -OCH3 is 1. The van der Waals surface area contributed by atoms with Gasteiger partial charge in [-0.2, -0.15) is 0 Å². The van der Waals surface area contributed by atoms with Crippen molar-refractivity contribution >= 4 is 27.6 Å². The largest absolute Gasteiger partial charge is 0.870 e. The van der Waals surface area contributed by atoms with Gasteiger partial charge >= 0.3 is 5.97 Å². The highest BCUT2D eigenvalue weighted by molar-refractivity contribution is 7.89. The first-order valence-electron chi connectivity index (χ1n) is 7.55. The van der Waals surface area contributed by atoms with Crippen molar-refractivity contribution in [2.75, 3.05) is 13.7 Å². The number of hydrogen-bond acceptors (Lipinski definition) is 8. The second-order valence-electron chi connectivity index (χ2n) is 5.36. The van der Waals surface area contributed by atoms with Crippen molar-refractivity contribution in [3.05, 3.63) is 29.2 Å². The van der Waals surface area contributed by atoms with Crippen LogP contribution in [0.3, 0.4) is 0 Å². The Labute approximate surface area is 151 Å². The summed E-state index contributed by atoms with van der Waals surface area (Å²) in [5, 5.41) is 5.14. The lowest BCUT2D eigenvalue weighted by atomic mass is 9.99. The van der Waals surface area contributed by atoms with E-state index >= 15 is 0 Å². The molecule has 0 aliphatic rings. The number of amides is 1. The van der Waals surface area contributed by atoms with Gasteiger partial charge in [0.1, 0.15) is 11.7 Å². The van der Waals surface area contributed by atoms with E-state index in [1.54, 1.807) is 6.92 Å². The number of nitrogens with zero attached hydrogens (tertiary/aromatic N) is 1. The average Bonchev–Trinajstić information content (AvgIpc) is 2.63. The van der Waals surface area contributed by atoms with Crippen LogP contribution in [0.1, 0.15) is 20.3 Å². The highest BCUT2D eigenvalue weighted by atomic mass is 32.2. The summed E-state index contributed by atoms with van der Waals surface area (Å²) in [6, 6.07) is 4.04. The smallest absolute Gasteiger partial charge is 0.328 e. The second kappa shape index (κ2) is 10.6. The van der Waals surface area contributed by atoms with E-state index in [-0.39, 0.29) is 22.0 Å². The number of nitrogens with one attached hydrogen (secondary N) is 2. The molecule has 0 unspecified atom stereocenters. The van der Waals surface area contributed by atoms with Crippen LogP contribution in [0.15, 0.2) is 34.3 Å². The third kappa shape index (κ3) is 6.50. The first-order chi connectivity index (χ1) is 11.7. The molecule has 0 aliphatic carbocycles. The molecule has 0 bridgehead atoms. The Hall–Kier alpha value is -2.37. The minimum absolute atomic E-state index is 0. The summed E-state index contributed by atoms with van der Waals surface area (Å²) in [6.45, 7) is 3.09. The van der Waals surface area contributed by atoms with Crippen molar-refractivity contribution in [2.45, 2.75) is 31.2 Å². The zero-order valence-corrected chi connectivity index (χ0v) is 15.4. The van der Waals surface area contributed by atoms with Gasteiger partial charge in [-0.25, -0.2) is 17.9 Å². The zero-order valence-electron chi connectivity index (χ0n) is 14.6. The SMILES string of the molecule is CC[C@H](C)[C@H](NC(=O)CNS(=O)(=O)c1ccc(N=O)cc1)C(=O)OC.[OH-]. The van der Waals surface area contributed by atoms with E-state index in [0.717, 1.165) is 0 Å². The molecular formula is C15H22N3O7S-. The van der Waals surface area contributed by atoms with Crippen LogP contribution in [0.4, 0.5) is 5.69 Å². The predicted octanol–water partition coefficient (Wildman–Crippen LogP) is 0.890. The molecule has 10 nitrogen and oxygen atoms in total. The molecule has 0 aliphatic heterocycles. The third-order valence-corrected chi connectivity index (χ3v) is 5.08. The molecule has 0 aromatic heterocycles. The molecule has 0 saturated carbocycles. The van der Waals surface area contributed by atoms with Gasteiger partial charge in [-0.05, 0) is 35.4 Å². The van der Waals surface area contributed by atoms with Crippen LogP contribution >= 0.6 is 0 Å². The summed E-state index contributed by atoms with van der Waals surface area (Å²) in [7, 11) is -2.73. The number of sulfonamides is 1. The minimum atomic E-state index is -3.94. The number of nitroso groups, excluding NO2 is 1. The molecule has 2 atom stereocenters. The van der Waals surface area contributed by atoms with Gasteiger partial charge < -0.3 is 15.5 Å². The Morgan fingerprint density at radius 2 is 1.81 bits per heavy atom. The molecule has 0 spiro atoms. The summed E-state index contributed by atoms with van der Waals surface area (Å²) in [5.41, 5.74) is 0.0890. The Morgan fingerprint density at radius 3 is 2.27 bits per heavy atom. The lowest BCUT2D eigenvalue weighted by molar-refractivity contribution is -0.146. The van der Waals surface area contributed by atoms with Gasteiger partial charge in [0.25, 0.3) is 0 Å². The number of carbonyl (C=O) groups excluding carboxylic acids is 2. The maximum atomic E-state index is 12.1. The van der Waals surface area contributed by atoms with Gasteiger partial charge in [-0.1, -0.05) is 20.3 Å². The maximum Gasteiger partial charge on any atom is 0.328 e. The van der Waals surface area contributed by atoms with E-state index in [4.69, 9.17) is 0 Å². The average molecular weight is 388 g/mol. The van der Waals surface area contributed by atoms with Crippen LogP contribution in [-0.2, 0) is 24.3 Å². The van der Waals surface area contributed by atoms with Gasteiger partial charge in [-0.3, -0.25) is 4.79 Å². The Morgan fingerprint density at radius 1 is 1.23 bits per heavy atom. The quantitative estimate of drug-likeness (QED) is 0.469. The second-order valence-corrected chi connectivity index (χ2v) is 7.13. The number of hydrogen-bond donors (Lipinski definition) is 2. The van der Waals surface area contributed by atoms with E-state index in [1.807, 2.05) is 6.92 Å². The zero-order chi connectivity index (χ0) is 19.0. The fraction of sp³-hybridized carbons (Fsp3) is 0.467. The number of rotatable bonds is 9. The summed E-state index contributed by atoms with van der Waals surface area (Å²) < 4.78 is 31.0. The van der Waals surface area contributed by atoms with Crippen molar-refractivity contribution in [1.82, 2.24) is 10.0 Å². The fourth-order valence-corrected chi connectivity index (χ4v) is 2.93. The van der Waals surface area contributed by atoms with E-state index < -0.39 is 34.5 Å². The van der Waals surface area contributed by atoms with Gasteiger partial charge in [0, 0.05) is 0 Å². The summed E-state index contributed by atoms with van der Waals surface area (Å²) in [6.07, 6.45) is 0.628. The van der Waals surface area contributed by atoms with E-state index in [9.17, 15) is 22.9 Å². The van der Waals surface area contributed by atoms with Crippen LogP contribution in [0.25, 0.3) is 0 Å². The van der Waals surface area contributed by atoms with Crippen molar-refractivity contribution in [1.29, 1.82) is 0 Å². The van der Waals surface area contributed by atoms with Gasteiger partial charge in [0.05, 0.1) is 18.6 Å². The van der Waals surface area contributed by atoms with Gasteiger partial charge in [-0.15, -0.1) is 4.91 Å². The normalized spacial score (nSPS) is 13.0. The monoisotopic (exact) mass is 388 g/mol. The molecule has 146 valence electrons. The molecule has 0 saturated heterocycles. The number of ether oxygens (including phenoxy) is 1. The molecular weight excluding hydrogens is 366 g/mol. The highest BCUT2D eigenvalue weighted by Crippen LogP contribution is 2.15. The van der Waals surface area contributed by atoms with Crippen molar-refractivity contribution in [3.63, 3.8) is 0 Å². The Kier molecular flexibility index (Phi) is 9.62. The molecule has 26 heavy (non-hydrogen) atoms. The molecule has 11 heteroatoms. The van der Waals surface area contributed by atoms with E-state index in [0.29, 0.717) is 6.42 Å². The summed E-state index contributed by atoms with van der Waals surface area (Å²) >= 11 is 0. The molecule has 1 amide bonds. The number of benzene rings is 1. The summed E-state index contributed by atoms with van der Waals surface area (Å²) in [5.74, 6) is -1.43. The van der Waals surface area contributed by atoms with Crippen molar-refractivity contribution in [3.8, 4) is 0 Å². The molecule has 0 heterocycles. The first-order valence-corrected chi connectivity index (χ1v) is 9.03. The maximum absolute atomic E-state index is 12.1. The standard InChI is InChI=1S/C15H21N3O6S.H2O/c1-4-10(2)14(15(20)24-3)17-13(19)9-16-25(22,23)12-7-5-11(18-21)6-8-12;/h5-8,10,14,16H,4,9H2,1-3H3,(H,17,19);1H2/p-1/t10-,14-;/m0./s1. The Balaban J connectivity index is 0.00000625. The predicted molar refractivity (Wildman–Crippen MR) is 92.4 cm³/mol. The first kappa shape index (κ1) is 23.6. The lowest BCUT2D eigenvalue weighted by Gasteiger charge is -2.21. The van der Waals surface area contributed by atoms with Gasteiger partial charge in [0.2, 0.25) is 15.9 Å². The molecule has 1 aromatic rings. The highest BCUT2D eigenvalue weighted by Gasteiger charge is 2.27. The topological polar surface area (TPSA) is 161 Å². The van der Waals surface area contributed by atoms with Crippen molar-refractivity contribution < 1.29 is 28.2 Å². The number of carbonyl (C=O) groups is 2. The molecule has 1 aromatic carbocycles. The molecule has 0 radical (unpaired) electrons. The van der Waals surface area contributed by atoms with Crippen LogP contribution in [0, 0.1) is 10.8 Å². The van der Waals surface area contributed by atoms with E-state index in [1.165, 1.54) is 31.4 Å². The van der Waals surface area contributed by atoms with E-state index in [2.05, 4.69) is 20.0 Å². The Bertz CT molecular complexity index is 719. The molecule has 1 rings (SSSR count). The summed E-state index contributed by atoms with van der Waals surface area (Å²) in [4.78, 5) is 33.9. The molecule has 0 fully saturated rings. The van der Waals surface area contributed by atoms with Gasteiger partial charge in [0.15, 0.2) is 0 Å². The third-order valence-electron chi connectivity index (χ3n) is 3.66. The lowest BCUT2D eigenvalue weighted by Crippen LogP contribution is -2.48. The fourth-order valence-electron chi connectivity index (χ4n) is 1.95. The van der Waals surface area contributed by atoms with Crippen LogP contribution in [0.2, 0.25) is 0 Å². The van der Waals surface area contributed by atoms with Crippen LogP contribution < -0.4 is 10.0 Å². The number of esters is 1. The van der Waals surface area contributed by atoms with Crippen molar-refractivity contribution in [2.24, 2.45) is 11.1 Å². The molecule has 3 N–H and O–H groups in total. The van der Waals surface area contributed by atoms with Crippen LogP contribution in [0.5, 0.6) is 0 Å². The minimum Gasteiger partial charge on any atom is -0.870 e. The van der Waals surface area contributed by atoms with Crippen LogP contribution in [-0.4, -0.2) is 45.5 Å².